The number of hydrogen-bond acceptors (Lipinski definition) is 1. The van der Waals surface area contributed by atoms with Crippen molar-refractivity contribution in [3.63, 3.8) is 0 Å². The maximum absolute atomic E-state index is 10.5. The van der Waals surface area contributed by atoms with Crippen LogP contribution in [0.4, 0.5) is 0 Å². The van der Waals surface area contributed by atoms with Gasteiger partial charge < -0.3 is 5.11 Å². The molecule has 1 unspecified atom stereocenters. The molecule has 1 aliphatic carbocycles. The topological polar surface area (TPSA) is 20.2 Å². The zero-order valence-corrected chi connectivity index (χ0v) is 12.4. The van der Waals surface area contributed by atoms with E-state index in [0.717, 1.165) is 12.0 Å². The Hall–Kier alpha value is -2.38. The SMILES string of the molecule is Cc1ccc2cc3c(ccc4ccccc43)c3c2c1C(O)C3. The fourth-order valence-electron chi connectivity index (χ4n) is 4.14. The largest absolute Gasteiger partial charge is 0.388 e. The van der Waals surface area contributed by atoms with Crippen LogP contribution in [0.15, 0.2) is 54.6 Å². The van der Waals surface area contributed by atoms with E-state index in [0.29, 0.717) is 0 Å². The van der Waals surface area contributed by atoms with Crippen LogP contribution >= 0.6 is 0 Å². The summed E-state index contributed by atoms with van der Waals surface area (Å²) in [6.45, 7) is 2.09. The number of aliphatic hydroxyl groups excluding tert-OH is 1. The number of aryl methyl sites for hydroxylation is 1. The first-order valence-corrected chi connectivity index (χ1v) is 7.78. The summed E-state index contributed by atoms with van der Waals surface area (Å²) in [6.07, 6.45) is 0.364. The second kappa shape index (κ2) is 4.08. The molecule has 1 nitrogen and oxygen atoms in total. The van der Waals surface area contributed by atoms with Crippen LogP contribution in [-0.2, 0) is 6.42 Å². The van der Waals surface area contributed by atoms with Crippen LogP contribution in [0.1, 0.15) is 22.8 Å². The Morgan fingerprint density at radius 2 is 1.68 bits per heavy atom. The van der Waals surface area contributed by atoms with Crippen LogP contribution < -0.4 is 0 Å². The van der Waals surface area contributed by atoms with Gasteiger partial charge in [0.05, 0.1) is 6.10 Å². The molecule has 1 aliphatic rings. The minimum absolute atomic E-state index is 0.365. The molecular formula is C21H16O. The van der Waals surface area contributed by atoms with Crippen molar-refractivity contribution in [3.8, 4) is 0 Å². The van der Waals surface area contributed by atoms with Gasteiger partial charge in [0, 0.05) is 6.42 Å². The Labute approximate surface area is 128 Å². The predicted molar refractivity (Wildman–Crippen MR) is 92.4 cm³/mol. The quantitative estimate of drug-likeness (QED) is 0.354. The van der Waals surface area contributed by atoms with E-state index >= 15 is 0 Å². The third kappa shape index (κ3) is 1.42. The lowest BCUT2D eigenvalue weighted by Crippen LogP contribution is -1.95. The third-order valence-electron chi connectivity index (χ3n) is 5.12. The molecule has 0 amide bonds. The van der Waals surface area contributed by atoms with E-state index < -0.39 is 0 Å². The van der Waals surface area contributed by atoms with Crippen molar-refractivity contribution in [1.82, 2.24) is 0 Å². The Balaban J connectivity index is 2.06. The molecule has 0 fully saturated rings. The third-order valence-corrected chi connectivity index (χ3v) is 5.12. The van der Waals surface area contributed by atoms with E-state index in [4.69, 9.17) is 0 Å². The maximum atomic E-state index is 10.5. The molecule has 0 heterocycles. The number of aliphatic hydroxyl groups is 1. The number of rotatable bonds is 0. The lowest BCUT2D eigenvalue weighted by molar-refractivity contribution is 0.185. The predicted octanol–water partition coefficient (Wildman–Crippen LogP) is 5.04. The first-order chi connectivity index (χ1) is 10.7. The Bertz CT molecular complexity index is 1080. The molecule has 106 valence electrons. The zero-order chi connectivity index (χ0) is 14.8. The van der Waals surface area contributed by atoms with Crippen LogP contribution in [0.2, 0.25) is 0 Å². The van der Waals surface area contributed by atoms with Gasteiger partial charge >= 0.3 is 0 Å². The molecule has 0 spiro atoms. The molecule has 4 aromatic carbocycles. The van der Waals surface area contributed by atoms with Gasteiger partial charge in [-0.3, -0.25) is 0 Å². The smallest absolute Gasteiger partial charge is 0.0839 e. The van der Waals surface area contributed by atoms with Crippen LogP contribution in [0, 0.1) is 6.92 Å². The average Bonchev–Trinajstić information content (AvgIpc) is 2.89. The van der Waals surface area contributed by atoms with Crippen molar-refractivity contribution in [3.05, 3.63) is 71.3 Å². The normalized spacial score (nSPS) is 16.9. The highest BCUT2D eigenvalue weighted by Crippen LogP contribution is 2.43. The average molecular weight is 284 g/mol. The van der Waals surface area contributed by atoms with E-state index in [1.165, 1.54) is 43.4 Å². The first-order valence-electron chi connectivity index (χ1n) is 7.78. The van der Waals surface area contributed by atoms with Crippen molar-refractivity contribution in [2.45, 2.75) is 19.4 Å². The van der Waals surface area contributed by atoms with Crippen molar-refractivity contribution in [2.75, 3.05) is 0 Å². The van der Waals surface area contributed by atoms with Gasteiger partial charge in [0.25, 0.3) is 0 Å². The Kier molecular flexibility index (Phi) is 2.26. The summed E-state index contributed by atoms with van der Waals surface area (Å²) in [6, 6.07) is 19.6. The van der Waals surface area contributed by atoms with Crippen LogP contribution in [-0.4, -0.2) is 5.11 Å². The molecule has 5 rings (SSSR count). The summed E-state index contributed by atoms with van der Waals surface area (Å²) < 4.78 is 0. The zero-order valence-electron chi connectivity index (χ0n) is 12.4. The molecule has 1 N–H and O–H groups in total. The van der Waals surface area contributed by atoms with Gasteiger partial charge in [-0.05, 0) is 62.0 Å². The second-order valence-electron chi connectivity index (χ2n) is 6.35. The van der Waals surface area contributed by atoms with E-state index in [1.54, 1.807) is 0 Å². The summed E-state index contributed by atoms with van der Waals surface area (Å²) in [5.74, 6) is 0. The standard InChI is InChI=1S/C21H16O/c1-12-6-7-14-10-17-15-5-3-2-4-13(15)8-9-16(17)18-11-19(22)20(12)21(14)18/h2-10,19,22H,11H2,1H3. The van der Waals surface area contributed by atoms with Gasteiger partial charge in [0.15, 0.2) is 0 Å². The van der Waals surface area contributed by atoms with Crippen molar-refractivity contribution in [1.29, 1.82) is 0 Å². The van der Waals surface area contributed by atoms with Crippen LogP contribution in [0.25, 0.3) is 32.3 Å². The molecule has 4 aromatic rings. The molecule has 1 heteroatoms. The molecule has 0 aliphatic heterocycles. The molecular weight excluding hydrogens is 268 g/mol. The highest BCUT2D eigenvalue weighted by molar-refractivity contribution is 6.15. The Morgan fingerprint density at radius 3 is 2.59 bits per heavy atom. The first kappa shape index (κ1) is 12.2. The van der Waals surface area contributed by atoms with Crippen molar-refractivity contribution < 1.29 is 5.11 Å². The second-order valence-corrected chi connectivity index (χ2v) is 6.35. The van der Waals surface area contributed by atoms with Crippen molar-refractivity contribution in [2.24, 2.45) is 0 Å². The molecule has 0 radical (unpaired) electrons. The van der Waals surface area contributed by atoms with Gasteiger partial charge in [-0.1, -0.05) is 48.5 Å². The van der Waals surface area contributed by atoms with E-state index in [9.17, 15) is 5.11 Å². The molecule has 0 aromatic heterocycles. The van der Waals surface area contributed by atoms with Crippen LogP contribution in [0.3, 0.4) is 0 Å². The van der Waals surface area contributed by atoms with Gasteiger partial charge in [-0.2, -0.15) is 0 Å². The number of hydrogen-bond donors (Lipinski definition) is 1. The Morgan fingerprint density at radius 1 is 0.864 bits per heavy atom. The van der Waals surface area contributed by atoms with E-state index in [-0.39, 0.29) is 6.10 Å². The molecule has 0 saturated heterocycles. The van der Waals surface area contributed by atoms with E-state index in [1.807, 2.05) is 0 Å². The summed E-state index contributed by atoms with van der Waals surface area (Å²) in [5, 5.41) is 18.2. The highest BCUT2D eigenvalue weighted by Gasteiger charge is 2.26. The molecule has 22 heavy (non-hydrogen) atoms. The minimum atomic E-state index is -0.365. The summed E-state index contributed by atoms with van der Waals surface area (Å²) in [4.78, 5) is 0. The highest BCUT2D eigenvalue weighted by atomic mass is 16.3. The lowest BCUT2D eigenvalue weighted by atomic mass is 9.93. The van der Waals surface area contributed by atoms with Crippen molar-refractivity contribution >= 4 is 32.3 Å². The van der Waals surface area contributed by atoms with Gasteiger partial charge in [-0.15, -0.1) is 0 Å². The summed E-state index contributed by atoms with van der Waals surface area (Å²) >= 11 is 0. The van der Waals surface area contributed by atoms with Crippen LogP contribution in [0.5, 0.6) is 0 Å². The lowest BCUT2D eigenvalue weighted by Gasteiger charge is -2.11. The van der Waals surface area contributed by atoms with Gasteiger partial charge in [0.1, 0.15) is 0 Å². The molecule has 1 atom stereocenters. The summed E-state index contributed by atoms with van der Waals surface area (Å²) in [7, 11) is 0. The fraction of sp³-hybridized carbons (Fsp3) is 0.143. The maximum Gasteiger partial charge on any atom is 0.0839 e. The fourth-order valence-corrected chi connectivity index (χ4v) is 4.14. The van der Waals surface area contributed by atoms with E-state index in [2.05, 4.69) is 61.5 Å². The summed E-state index contributed by atoms with van der Waals surface area (Å²) in [5.41, 5.74) is 3.63. The number of benzene rings is 4. The minimum Gasteiger partial charge on any atom is -0.388 e. The molecule has 0 bridgehead atoms. The van der Waals surface area contributed by atoms with Gasteiger partial charge in [-0.25, -0.2) is 0 Å². The monoisotopic (exact) mass is 284 g/mol. The molecule has 0 saturated carbocycles. The number of fused-ring (bicyclic) bond motifs is 4. The van der Waals surface area contributed by atoms with Gasteiger partial charge in [0.2, 0.25) is 0 Å².